The SMILES string of the molecule is O=C(CSc1nnc(-c2ccc(Cl)cc2)n1-c1ccc(F)cc1)c1ccccc1. The minimum absolute atomic E-state index is 0.00250. The molecule has 0 saturated carbocycles. The number of carbonyl (C=O) groups excluding carboxylic acids is 1. The van der Waals surface area contributed by atoms with Crippen LogP contribution in [0.25, 0.3) is 17.1 Å². The van der Waals surface area contributed by atoms with E-state index in [1.54, 1.807) is 36.4 Å². The minimum Gasteiger partial charge on any atom is -0.293 e. The standard InChI is InChI=1S/C22H15ClFN3OS/c23-17-8-6-16(7-9-17)21-25-26-22(27(21)19-12-10-18(24)11-13-19)29-14-20(28)15-4-2-1-3-5-15/h1-13H,14H2. The van der Waals surface area contributed by atoms with Gasteiger partial charge in [-0.05, 0) is 48.5 Å². The number of hydrogen-bond donors (Lipinski definition) is 0. The van der Waals surface area contributed by atoms with Crippen molar-refractivity contribution in [3.8, 4) is 17.1 Å². The molecule has 29 heavy (non-hydrogen) atoms. The van der Waals surface area contributed by atoms with Crippen LogP contribution in [0.15, 0.2) is 84.0 Å². The predicted octanol–water partition coefficient (Wildman–Crippen LogP) is 5.70. The van der Waals surface area contributed by atoms with E-state index < -0.39 is 0 Å². The third kappa shape index (κ3) is 4.39. The maximum absolute atomic E-state index is 13.4. The minimum atomic E-state index is -0.330. The van der Waals surface area contributed by atoms with Crippen LogP contribution in [0.2, 0.25) is 5.02 Å². The number of ketones is 1. The van der Waals surface area contributed by atoms with Gasteiger partial charge in [-0.1, -0.05) is 53.7 Å². The van der Waals surface area contributed by atoms with E-state index in [1.807, 2.05) is 34.9 Å². The summed E-state index contributed by atoms with van der Waals surface area (Å²) in [6.07, 6.45) is 0. The highest BCUT2D eigenvalue weighted by molar-refractivity contribution is 7.99. The lowest BCUT2D eigenvalue weighted by molar-refractivity contribution is 0.102. The molecule has 0 amide bonds. The largest absolute Gasteiger partial charge is 0.293 e. The highest BCUT2D eigenvalue weighted by atomic mass is 35.5. The molecule has 0 spiro atoms. The number of halogens is 2. The Balaban J connectivity index is 1.69. The van der Waals surface area contributed by atoms with E-state index in [-0.39, 0.29) is 17.4 Å². The van der Waals surface area contributed by atoms with Crippen LogP contribution in [0, 0.1) is 5.82 Å². The number of benzene rings is 3. The molecule has 0 atom stereocenters. The van der Waals surface area contributed by atoms with E-state index in [0.717, 1.165) is 5.56 Å². The van der Waals surface area contributed by atoms with Crippen molar-refractivity contribution in [2.24, 2.45) is 0 Å². The summed E-state index contributed by atoms with van der Waals surface area (Å²) in [7, 11) is 0. The Bertz CT molecular complexity index is 1130. The van der Waals surface area contributed by atoms with Gasteiger partial charge in [0.2, 0.25) is 0 Å². The van der Waals surface area contributed by atoms with Gasteiger partial charge in [0, 0.05) is 21.8 Å². The van der Waals surface area contributed by atoms with E-state index in [0.29, 0.717) is 27.3 Å². The molecule has 4 aromatic rings. The molecule has 1 aromatic heterocycles. The fraction of sp³-hybridized carbons (Fsp3) is 0.0455. The summed E-state index contributed by atoms with van der Waals surface area (Å²) >= 11 is 7.28. The molecule has 144 valence electrons. The molecule has 0 aliphatic carbocycles. The van der Waals surface area contributed by atoms with Crippen LogP contribution >= 0.6 is 23.4 Å². The lowest BCUT2D eigenvalue weighted by Crippen LogP contribution is -2.05. The molecule has 0 saturated heterocycles. The first-order valence-corrected chi connectivity index (χ1v) is 10.2. The van der Waals surface area contributed by atoms with E-state index in [1.165, 1.54) is 23.9 Å². The lowest BCUT2D eigenvalue weighted by atomic mass is 10.2. The lowest BCUT2D eigenvalue weighted by Gasteiger charge is -2.10. The average Bonchev–Trinajstić information content (AvgIpc) is 3.17. The number of thioether (sulfide) groups is 1. The second-order valence-electron chi connectivity index (χ2n) is 6.20. The van der Waals surface area contributed by atoms with Crippen molar-refractivity contribution in [1.29, 1.82) is 0 Å². The van der Waals surface area contributed by atoms with Gasteiger partial charge in [0.05, 0.1) is 5.75 Å². The first-order chi connectivity index (χ1) is 14.1. The Morgan fingerprint density at radius 1 is 0.931 bits per heavy atom. The van der Waals surface area contributed by atoms with Crippen LogP contribution in [0.5, 0.6) is 0 Å². The topological polar surface area (TPSA) is 47.8 Å². The first kappa shape index (κ1) is 19.4. The number of hydrogen-bond acceptors (Lipinski definition) is 4. The van der Waals surface area contributed by atoms with E-state index in [9.17, 15) is 9.18 Å². The molecular formula is C22H15ClFN3OS. The maximum Gasteiger partial charge on any atom is 0.196 e. The molecular weight excluding hydrogens is 409 g/mol. The summed E-state index contributed by atoms with van der Waals surface area (Å²) in [5.74, 6) is 0.466. The van der Waals surface area contributed by atoms with Crippen molar-refractivity contribution >= 4 is 29.1 Å². The summed E-state index contributed by atoms with van der Waals surface area (Å²) in [5.41, 5.74) is 2.16. The number of Topliss-reactive ketones (excluding diaryl/α,β-unsaturated/α-hetero) is 1. The molecule has 7 heteroatoms. The van der Waals surface area contributed by atoms with Crippen LogP contribution < -0.4 is 0 Å². The zero-order valence-electron chi connectivity index (χ0n) is 15.1. The zero-order valence-corrected chi connectivity index (χ0v) is 16.7. The van der Waals surface area contributed by atoms with E-state index >= 15 is 0 Å². The molecule has 0 unspecified atom stereocenters. The van der Waals surface area contributed by atoms with Crippen molar-refractivity contribution in [2.75, 3.05) is 5.75 Å². The van der Waals surface area contributed by atoms with Crippen molar-refractivity contribution in [3.63, 3.8) is 0 Å². The molecule has 0 aliphatic rings. The predicted molar refractivity (Wildman–Crippen MR) is 113 cm³/mol. The van der Waals surface area contributed by atoms with E-state index in [4.69, 9.17) is 11.6 Å². The van der Waals surface area contributed by atoms with Gasteiger partial charge in [0.15, 0.2) is 16.8 Å². The summed E-state index contributed by atoms with van der Waals surface area (Å²) < 4.78 is 15.2. The molecule has 0 bridgehead atoms. The fourth-order valence-electron chi connectivity index (χ4n) is 2.81. The van der Waals surface area contributed by atoms with Crippen LogP contribution in [0.1, 0.15) is 10.4 Å². The molecule has 4 nitrogen and oxygen atoms in total. The van der Waals surface area contributed by atoms with Crippen LogP contribution in [-0.4, -0.2) is 26.3 Å². The van der Waals surface area contributed by atoms with Gasteiger partial charge in [-0.3, -0.25) is 9.36 Å². The Hall–Kier alpha value is -2.96. The molecule has 3 aromatic carbocycles. The van der Waals surface area contributed by atoms with Gasteiger partial charge in [-0.2, -0.15) is 0 Å². The second kappa shape index (κ2) is 8.59. The van der Waals surface area contributed by atoms with Gasteiger partial charge >= 0.3 is 0 Å². The van der Waals surface area contributed by atoms with Crippen molar-refractivity contribution in [3.05, 3.63) is 95.3 Å². The monoisotopic (exact) mass is 423 g/mol. The van der Waals surface area contributed by atoms with Crippen molar-refractivity contribution in [2.45, 2.75) is 5.16 Å². The summed E-state index contributed by atoms with van der Waals surface area (Å²) in [6, 6.07) is 22.4. The Kier molecular flexibility index (Phi) is 5.74. The van der Waals surface area contributed by atoms with Crippen molar-refractivity contribution < 1.29 is 9.18 Å². The molecule has 0 aliphatic heterocycles. The summed E-state index contributed by atoms with van der Waals surface area (Å²) in [5, 5.41) is 9.75. The Labute approximate surface area is 176 Å². The highest BCUT2D eigenvalue weighted by Gasteiger charge is 2.18. The Morgan fingerprint density at radius 2 is 1.62 bits per heavy atom. The Morgan fingerprint density at radius 3 is 2.31 bits per heavy atom. The van der Waals surface area contributed by atoms with Crippen LogP contribution in [0.4, 0.5) is 4.39 Å². The third-order valence-electron chi connectivity index (χ3n) is 4.25. The van der Waals surface area contributed by atoms with Gasteiger partial charge < -0.3 is 0 Å². The van der Waals surface area contributed by atoms with Crippen LogP contribution in [-0.2, 0) is 0 Å². The van der Waals surface area contributed by atoms with Gasteiger partial charge in [-0.15, -0.1) is 10.2 Å². The smallest absolute Gasteiger partial charge is 0.196 e. The first-order valence-electron chi connectivity index (χ1n) is 8.80. The zero-order chi connectivity index (χ0) is 20.2. The van der Waals surface area contributed by atoms with E-state index in [2.05, 4.69) is 10.2 Å². The molecule has 0 N–H and O–H groups in total. The normalized spacial score (nSPS) is 10.8. The maximum atomic E-state index is 13.4. The third-order valence-corrected chi connectivity index (χ3v) is 5.43. The fourth-order valence-corrected chi connectivity index (χ4v) is 3.78. The quantitative estimate of drug-likeness (QED) is 0.295. The van der Waals surface area contributed by atoms with Gasteiger partial charge in [0.25, 0.3) is 0 Å². The number of carbonyl (C=O) groups is 1. The number of aromatic nitrogens is 3. The van der Waals surface area contributed by atoms with Crippen molar-refractivity contribution in [1.82, 2.24) is 14.8 Å². The van der Waals surface area contributed by atoms with Crippen LogP contribution in [0.3, 0.4) is 0 Å². The molecule has 1 heterocycles. The molecule has 4 rings (SSSR count). The second-order valence-corrected chi connectivity index (χ2v) is 7.58. The van der Waals surface area contributed by atoms with Gasteiger partial charge in [-0.25, -0.2) is 4.39 Å². The molecule has 0 fully saturated rings. The number of rotatable bonds is 6. The molecule has 0 radical (unpaired) electrons. The highest BCUT2D eigenvalue weighted by Crippen LogP contribution is 2.29. The summed E-state index contributed by atoms with van der Waals surface area (Å²) in [6.45, 7) is 0. The summed E-state index contributed by atoms with van der Waals surface area (Å²) in [4.78, 5) is 12.5. The van der Waals surface area contributed by atoms with Gasteiger partial charge in [0.1, 0.15) is 5.82 Å². The number of nitrogens with zero attached hydrogens (tertiary/aromatic N) is 3. The average molecular weight is 424 g/mol.